The lowest BCUT2D eigenvalue weighted by molar-refractivity contribution is -0.149. The van der Waals surface area contributed by atoms with Gasteiger partial charge >= 0.3 is 5.97 Å². The van der Waals surface area contributed by atoms with Gasteiger partial charge in [-0.15, -0.1) is 0 Å². The highest BCUT2D eigenvalue weighted by Crippen LogP contribution is 2.15. The van der Waals surface area contributed by atoms with E-state index >= 15 is 0 Å². The van der Waals surface area contributed by atoms with Crippen LogP contribution in [-0.4, -0.2) is 28.9 Å². The molecule has 0 saturated carbocycles. The Morgan fingerprint density at radius 3 is 2.26 bits per heavy atom. The lowest BCUT2D eigenvalue weighted by Gasteiger charge is -2.13. The van der Waals surface area contributed by atoms with E-state index in [1.165, 1.54) is 0 Å². The van der Waals surface area contributed by atoms with Gasteiger partial charge < -0.3 is 20.3 Å². The number of nitrogens with one attached hydrogen (secondary N) is 1. The number of ether oxygens (including phenoxy) is 1. The van der Waals surface area contributed by atoms with Gasteiger partial charge in [-0.1, -0.05) is 24.3 Å². The maximum atomic E-state index is 11.1. The summed E-state index contributed by atoms with van der Waals surface area (Å²) in [5.41, 5.74) is 2.93. The smallest absolute Gasteiger partial charge is 0.333 e. The van der Waals surface area contributed by atoms with Gasteiger partial charge in [-0.2, -0.15) is 0 Å². The van der Waals surface area contributed by atoms with E-state index in [1.807, 2.05) is 36.4 Å². The summed E-state index contributed by atoms with van der Waals surface area (Å²) in [4.78, 5) is 11.1. The highest BCUT2D eigenvalue weighted by molar-refractivity contribution is 5.72. The van der Waals surface area contributed by atoms with E-state index < -0.39 is 12.1 Å². The Morgan fingerprint density at radius 1 is 1.09 bits per heavy atom. The molecule has 0 aliphatic heterocycles. The first-order valence-electron chi connectivity index (χ1n) is 7.53. The Kier molecular flexibility index (Phi) is 6.00. The molecule has 0 aliphatic carbocycles. The zero-order valence-corrected chi connectivity index (χ0v) is 13.0. The van der Waals surface area contributed by atoms with Crippen LogP contribution in [0.15, 0.2) is 48.5 Å². The quantitative estimate of drug-likeness (QED) is 0.698. The number of aliphatic carboxylic acids is 1. The van der Waals surface area contributed by atoms with Crippen molar-refractivity contribution in [3.8, 4) is 5.75 Å². The third-order valence-corrected chi connectivity index (χ3v) is 3.45. The van der Waals surface area contributed by atoms with E-state index in [0.29, 0.717) is 19.6 Å². The van der Waals surface area contributed by atoms with Crippen molar-refractivity contribution in [2.24, 2.45) is 0 Å². The molecule has 0 aromatic heterocycles. The number of phenolic OH excluding ortho intramolecular Hbond substituents is 1. The summed E-state index contributed by atoms with van der Waals surface area (Å²) < 4.78 is 5.22. The highest BCUT2D eigenvalue weighted by Gasteiger charge is 2.17. The number of carbonyl (C=O) groups is 1. The summed E-state index contributed by atoms with van der Waals surface area (Å²) in [6, 6.07) is 14.6. The average molecular weight is 315 g/mol. The summed E-state index contributed by atoms with van der Waals surface area (Å²) in [6.07, 6.45) is -0.461. The SMILES string of the molecule is CCOC(Cc1ccc(NCc2ccc(O)cc2)cc1)C(=O)O. The summed E-state index contributed by atoms with van der Waals surface area (Å²) in [7, 11) is 0. The van der Waals surface area contributed by atoms with Crippen LogP contribution in [0.5, 0.6) is 5.75 Å². The molecular weight excluding hydrogens is 294 g/mol. The average Bonchev–Trinajstić information content (AvgIpc) is 2.55. The van der Waals surface area contributed by atoms with Gasteiger partial charge in [-0.25, -0.2) is 4.79 Å². The summed E-state index contributed by atoms with van der Waals surface area (Å²) in [5.74, 6) is -0.693. The number of hydrogen-bond donors (Lipinski definition) is 3. The zero-order valence-electron chi connectivity index (χ0n) is 13.0. The molecule has 0 aliphatic rings. The second-order valence-electron chi connectivity index (χ2n) is 5.20. The summed E-state index contributed by atoms with van der Waals surface area (Å²) in [5, 5.41) is 21.6. The van der Waals surface area contributed by atoms with Crippen LogP contribution in [0.4, 0.5) is 5.69 Å². The molecule has 23 heavy (non-hydrogen) atoms. The second kappa shape index (κ2) is 8.19. The maximum Gasteiger partial charge on any atom is 0.333 e. The molecule has 0 bridgehead atoms. The molecule has 0 radical (unpaired) electrons. The lowest BCUT2D eigenvalue weighted by Crippen LogP contribution is -2.26. The molecule has 0 spiro atoms. The van der Waals surface area contributed by atoms with E-state index in [0.717, 1.165) is 16.8 Å². The number of rotatable bonds is 8. The van der Waals surface area contributed by atoms with Crippen molar-refractivity contribution in [1.29, 1.82) is 0 Å². The fraction of sp³-hybridized carbons (Fsp3) is 0.278. The van der Waals surface area contributed by atoms with Crippen LogP contribution in [-0.2, 0) is 22.5 Å². The van der Waals surface area contributed by atoms with E-state index in [9.17, 15) is 9.90 Å². The van der Waals surface area contributed by atoms with Crippen LogP contribution >= 0.6 is 0 Å². The van der Waals surface area contributed by atoms with Crippen molar-refractivity contribution in [1.82, 2.24) is 0 Å². The topological polar surface area (TPSA) is 78.8 Å². The lowest BCUT2D eigenvalue weighted by atomic mass is 10.1. The summed E-state index contributed by atoms with van der Waals surface area (Å²) >= 11 is 0. The molecule has 1 unspecified atom stereocenters. The third kappa shape index (κ3) is 5.30. The van der Waals surface area contributed by atoms with E-state index in [4.69, 9.17) is 9.84 Å². The minimum atomic E-state index is -0.943. The van der Waals surface area contributed by atoms with Crippen LogP contribution < -0.4 is 5.32 Å². The fourth-order valence-corrected chi connectivity index (χ4v) is 2.21. The molecule has 5 nitrogen and oxygen atoms in total. The van der Waals surface area contributed by atoms with Crippen molar-refractivity contribution < 1.29 is 19.7 Å². The molecule has 0 heterocycles. The molecule has 2 rings (SSSR count). The molecule has 2 aromatic rings. The van der Waals surface area contributed by atoms with Gasteiger partial charge in [-0.05, 0) is 42.3 Å². The van der Waals surface area contributed by atoms with E-state index in [-0.39, 0.29) is 5.75 Å². The molecule has 3 N–H and O–H groups in total. The van der Waals surface area contributed by atoms with Gasteiger partial charge in [0.1, 0.15) is 5.75 Å². The van der Waals surface area contributed by atoms with E-state index in [1.54, 1.807) is 19.1 Å². The molecule has 122 valence electrons. The number of benzene rings is 2. The van der Waals surface area contributed by atoms with Crippen LogP contribution in [0.1, 0.15) is 18.1 Å². The first kappa shape index (κ1) is 16.8. The number of anilines is 1. The molecule has 0 amide bonds. The molecule has 1 atom stereocenters. The van der Waals surface area contributed by atoms with Crippen molar-refractivity contribution in [2.75, 3.05) is 11.9 Å². The van der Waals surface area contributed by atoms with Crippen LogP contribution in [0.25, 0.3) is 0 Å². The normalized spacial score (nSPS) is 11.9. The highest BCUT2D eigenvalue weighted by atomic mass is 16.5. The van der Waals surface area contributed by atoms with Crippen LogP contribution in [0.2, 0.25) is 0 Å². The summed E-state index contributed by atoms with van der Waals surface area (Å²) in [6.45, 7) is 2.81. The van der Waals surface area contributed by atoms with Crippen molar-refractivity contribution >= 4 is 11.7 Å². The Labute approximate surface area is 135 Å². The van der Waals surface area contributed by atoms with Crippen LogP contribution in [0, 0.1) is 0 Å². The number of carboxylic acid groups (broad SMARTS) is 1. The number of phenols is 1. The minimum absolute atomic E-state index is 0.250. The van der Waals surface area contributed by atoms with E-state index in [2.05, 4.69) is 5.32 Å². The largest absolute Gasteiger partial charge is 0.508 e. The monoisotopic (exact) mass is 315 g/mol. The molecule has 0 fully saturated rings. The maximum absolute atomic E-state index is 11.1. The van der Waals surface area contributed by atoms with Gasteiger partial charge in [0, 0.05) is 25.3 Å². The van der Waals surface area contributed by atoms with Gasteiger partial charge in [0.15, 0.2) is 6.10 Å². The first-order chi connectivity index (χ1) is 11.1. The minimum Gasteiger partial charge on any atom is -0.508 e. The van der Waals surface area contributed by atoms with Gasteiger partial charge in [0.2, 0.25) is 0 Å². The molecular formula is C18H21NO4. The molecule has 2 aromatic carbocycles. The Hall–Kier alpha value is -2.53. The molecule has 5 heteroatoms. The van der Waals surface area contributed by atoms with Gasteiger partial charge in [0.25, 0.3) is 0 Å². The van der Waals surface area contributed by atoms with Crippen molar-refractivity contribution in [2.45, 2.75) is 26.0 Å². The number of aromatic hydroxyl groups is 1. The predicted octanol–water partition coefficient (Wildman–Crippen LogP) is 3.04. The number of carboxylic acids is 1. The molecule has 0 saturated heterocycles. The number of hydrogen-bond acceptors (Lipinski definition) is 4. The zero-order chi connectivity index (χ0) is 16.7. The second-order valence-corrected chi connectivity index (χ2v) is 5.20. The first-order valence-corrected chi connectivity index (χ1v) is 7.53. The van der Waals surface area contributed by atoms with Gasteiger partial charge in [0.05, 0.1) is 0 Å². The van der Waals surface area contributed by atoms with Gasteiger partial charge in [-0.3, -0.25) is 0 Å². The Balaban J connectivity index is 1.91. The standard InChI is InChI=1S/C18H21NO4/c1-2-23-17(18(21)22)11-13-3-7-15(8-4-13)19-12-14-5-9-16(20)10-6-14/h3-10,17,19-20H,2,11-12H2,1H3,(H,21,22). The Bertz CT molecular complexity index is 622. The fourth-order valence-electron chi connectivity index (χ4n) is 2.21. The Morgan fingerprint density at radius 2 is 1.70 bits per heavy atom. The van der Waals surface area contributed by atoms with Crippen molar-refractivity contribution in [3.63, 3.8) is 0 Å². The third-order valence-electron chi connectivity index (χ3n) is 3.45. The van der Waals surface area contributed by atoms with Crippen molar-refractivity contribution in [3.05, 3.63) is 59.7 Å². The predicted molar refractivity (Wildman–Crippen MR) is 88.6 cm³/mol. The van der Waals surface area contributed by atoms with Crippen LogP contribution in [0.3, 0.4) is 0 Å².